The summed E-state index contributed by atoms with van der Waals surface area (Å²) >= 11 is 0. The smallest absolute Gasteiger partial charge is 0.390 e. The van der Waals surface area contributed by atoms with Crippen molar-refractivity contribution in [3.8, 4) is 0 Å². The molecule has 0 bridgehead atoms. The van der Waals surface area contributed by atoms with Crippen molar-refractivity contribution in [3.63, 3.8) is 0 Å². The fraction of sp³-hybridized carbons (Fsp3) is 0.923. The molecule has 0 aromatic rings. The van der Waals surface area contributed by atoms with Crippen LogP contribution in [0.4, 0.5) is 0 Å². The van der Waals surface area contributed by atoms with E-state index in [2.05, 4.69) is 5.32 Å². The summed E-state index contributed by atoms with van der Waals surface area (Å²) in [5.74, 6) is -0.834. The molecule has 0 aliphatic heterocycles. The number of nitrogens with one attached hydrogen (secondary N) is 1. The molecule has 10 heteroatoms. The SMILES string of the molecule is CCC(O)C(O)C(O)C(O)C(=O)NCCC[Si](OC)(OC)OC. The van der Waals surface area contributed by atoms with Crippen LogP contribution >= 0.6 is 0 Å². The number of hydrogen-bond donors (Lipinski definition) is 5. The number of carbonyl (C=O) groups is 1. The molecule has 0 fully saturated rings. The molecule has 138 valence electrons. The normalized spacial score (nSPS) is 17.4. The van der Waals surface area contributed by atoms with Crippen LogP contribution in [0.2, 0.25) is 6.04 Å². The molecule has 0 saturated heterocycles. The summed E-state index contributed by atoms with van der Waals surface area (Å²) in [6.45, 7) is 1.81. The summed E-state index contributed by atoms with van der Waals surface area (Å²) in [6.07, 6.45) is -5.75. The second-order valence-corrected chi connectivity index (χ2v) is 8.18. The Balaban J connectivity index is 4.29. The zero-order valence-electron chi connectivity index (χ0n) is 14.1. The van der Waals surface area contributed by atoms with Crippen LogP contribution in [0.5, 0.6) is 0 Å². The Hall–Kier alpha value is -0.593. The fourth-order valence-electron chi connectivity index (χ4n) is 1.99. The zero-order chi connectivity index (χ0) is 18.0. The molecule has 0 radical (unpaired) electrons. The molecule has 0 aliphatic rings. The maximum Gasteiger partial charge on any atom is 0.500 e. The Labute approximate surface area is 137 Å². The van der Waals surface area contributed by atoms with Crippen molar-refractivity contribution in [2.45, 2.75) is 50.2 Å². The van der Waals surface area contributed by atoms with Crippen LogP contribution in [0.25, 0.3) is 0 Å². The molecule has 9 nitrogen and oxygen atoms in total. The van der Waals surface area contributed by atoms with Crippen LogP contribution in [-0.2, 0) is 18.1 Å². The maximum absolute atomic E-state index is 11.7. The number of rotatable bonds is 12. The molecule has 4 atom stereocenters. The highest BCUT2D eigenvalue weighted by atomic mass is 28.4. The third-order valence-electron chi connectivity index (χ3n) is 3.65. The minimum Gasteiger partial charge on any atom is -0.390 e. The van der Waals surface area contributed by atoms with E-state index in [0.717, 1.165) is 0 Å². The lowest BCUT2D eigenvalue weighted by molar-refractivity contribution is -0.146. The van der Waals surface area contributed by atoms with E-state index in [0.29, 0.717) is 12.5 Å². The molecule has 23 heavy (non-hydrogen) atoms. The third kappa shape index (κ3) is 6.81. The predicted molar refractivity (Wildman–Crippen MR) is 83.5 cm³/mol. The Morgan fingerprint density at radius 2 is 1.57 bits per heavy atom. The van der Waals surface area contributed by atoms with Crippen molar-refractivity contribution in [3.05, 3.63) is 0 Å². The molecule has 1 amide bonds. The lowest BCUT2D eigenvalue weighted by atomic mass is 10.0. The molecule has 0 aliphatic carbocycles. The summed E-state index contributed by atoms with van der Waals surface area (Å²) in [4.78, 5) is 11.7. The average Bonchev–Trinajstić information content (AvgIpc) is 2.59. The highest BCUT2D eigenvalue weighted by Crippen LogP contribution is 2.14. The van der Waals surface area contributed by atoms with Crippen molar-refractivity contribution in [2.24, 2.45) is 0 Å². The van der Waals surface area contributed by atoms with E-state index < -0.39 is 39.1 Å². The van der Waals surface area contributed by atoms with Gasteiger partial charge in [0.05, 0.1) is 6.10 Å². The lowest BCUT2D eigenvalue weighted by Crippen LogP contribution is -2.51. The first-order valence-electron chi connectivity index (χ1n) is 7.44. The fourth-order valence-corrected chi connectivity index (χ4v) is 3.71. The summed E-state index contributed by atoms with van der Waals surface area (Å²) in [6, 6.07) is 0.465. The van der Waals surface area contributed by atoms with Gasteiger partial charge in [-0.3, -0.25) is 4.79 Å². The van der Waals surface area contributed by atoms with E-state index in [4.69, 9.17) is 13.3 Å². The maximum atomic E-state index is 11.7. The molecular weight excluding hydrogens is 326 g/mol. The van der Waals surface area contributed by atoms with Crippen molar-refractivity contribution in [1.82, 2.24) is 5.32 Å². The minimum absolute atomic E-state index is 0.185. The summed E-state index contributed by atoms with van der Waals surface area (Å²) < 4.78 is 15.7. The van der Waals surface area contributed by atoms with Gasteiger partial charge < -0.3 is 39.0 Å². The van der Waals surface area contributed by atoms with Crippen LogP contribution in [0.15, 0.2) is 0 Å². The topological polar surface area (TPSA) is 138 Å². The number of hydrogen-bond acceptors (Lipinski definition) is 8. The molecule has 0 saturated carbocycles. The Bertz CT molecular complexity index is 334. The van der Waals surface area contributed by atoms with Gasteiger partial charge in [-0.25, -0.2) is 0 Å². The predicted octanol–water partition coefficient (Wildman–Crippen LogP) is -1.78. The Morgan fingerprint density at radius 3 is 2.00 bits per heavy atom. The first kappa shape index (κ1) is 22.4. The van der Waals surface area contributed by atoms with E-state index in [1.807, 2.05) is 0 Å². The van der Waals surface area contributed by atoms with Crippen molar-refractivity contribution >= 4 is 14.7 Å². The second-order valence-electron chi connectivity index (χ2n) is 5.09. The standard InChI is InChI=1S/C13H29NO8Si/c1-5-9(15)10(16)11(17)12(18)13(19)14-7-6-8-23(20-2,21-3)22-4/h9-12,15-18H,5-8H2,1-4H3,(H,14,19). The first-order chi connectivity index (χ1) is 10.8. The molecule has 0 rings (SSSR count). The minimum atomic E-state index is -2.71. The van der Waals surface area contributed by atoms with E-state index in [1.165, 1.54) is 21.3 Å². The van der Waals surface area contributed by atoms with Gasteiger partial charge in [-0.1, -0.05) is 6.92 Å². The van der Waals surface area contributed by atoms with Crippen LogP contribution in [0.3, 0.4) is 0 Å². The van der Waals surface area contributed by atoms with E-state index in [-0.39, 0.29) is 13.0 Å². The monoisotopic (exact) mass is 355 g/mol. The van der Waals surface area contributed by atoms with Crippen LogP contribution in [-0.4, -0.2) is 87.4 Å². The molecule has 0 aromatic carbocycles. The lowest BCUT2D eigenvalue weighted by Gasteiger charge is -2.26. The van der Waals surface area contributed by atoms with Gasteiger partial charge in [0, 0.05) is 33.9 Å². The second kappa shape index (κ2) is 11.0. The van der Waals surface area contributed by atoms with Gasteiger partial charge in [-0.15, -0.1) is 0 Å². The van der Waals surface area contributed by atoms with Crippen LogP contribution < -0.4 is 5.32 Å². The highest BCUT2D eigenvalue weighted by molar-refractivity contribution is 6.60. The summed E-state index contributed by atoms with van der Waals surface area (Å²) in [5, 5.41) is 40.8. The van der Waals surface area contributed by atoms with Crippen LogP contribution in [0, 0.1) is 0 Å². The Kier molecular flexibility index (Phi) is 10.8. The van der Waals surface area contributed by atoms with Crippen molar-refractivity contribution < 1.29 is 38.5 Å². The first-order valence-corrected chi connectivity index (χ1v) is 9.37. The number of aliphatic hydroxyl groups excluding tert-OH is 4. The van der Waals surface area contributed by atoms with Crippen molar-refractivity contribution in [2.75, 3.05) is 27.9 Å². The van der Waals surface area contributed by atoms with Gasteiger partial charge in [-0.2, -0.15) is 0 Å². The van der Waals surface area contributed by atoms with Gasteiger partial charge in [0.1, 0.15) is 12.2 Å². The summed E-state index contributed by atoms with van der Waals surface area (Å²) in [7, 11) is 1.74. The third-order valence-corrected chi connectivity index (χ3v) is 6.48. The number of amides is 1. The summed E-state index contributed by atoms with van der Waals surface area (Å²) in [5.41, 5.74) is 0. The molecule has 4 unspecified atom stereocenters. The van der Waals surface area contributed by atoms with Gasteiger partial charge in [0.25, 0.3) is 5.91 Å². The van der Waals surface area contributed by atoms with Crippen LogP contribution in [0.1, 0.15) is 19.8 Å². The average molecular weight is 355 g/mol. The van der Waals surface area contributed by atoms with E-state index in [9.17, 15) is 25.2 Å². The number of carbonyl (C=O) groups excluding carboxylic acids is 1. The Morgan fingerprint density at radius 1 is 1.04 bits per heavy atom. The highest BCUT2D eigenvalue weighted by Gasteiger charge is 2.37. The quantitative estimate of drug-likeness (QED) is 0.205. The van der Waals surface area contributed by atoms with Crippen molar-refractivity contribution in [1.29, 1.82) is 0 Å². The molecule has 0 aromatic heterocycles. The van der Waals surface area contributed by atoms with Gasteiger partial charge in [0.2, 0.25) is 0 Å². The molecule has 0 heterocycles. The van der Waals surface area contributed by atoms with Gasteiger partial charge in [-0.05, 0) is 12.8 Å². The largest absolute Gasteiger partial charge is 0.500 e. The molecular formula is C13H29NO8Si. The van der Waals surface area contributed by atoms with Gasteiger partial charge in [0.15, 0.2) is 6.10 Å². The molecule has 5 N–H and O–H groups in total. The van der Waals surface area contributed by atoms with E-state index in [1.54, 1.807) is 6.92 Å². The zero-order valence-corrected chi connectivity index (χ0v) is 15.1. The number of aliphatic hydroxyl groups is 4. The molecule has 0 spiro atoms. The van der Waals surface area contributed by atoms with E-state index >= 15 is 0 Å². The van der Waals surface area contributed by atoms with Gasteiger partial charge >= 0.3 is 8.80 Å².